The second kappa shape index (κ2) is 6.88. The van der Waals surface area contributed by atoms with E-state index in [9.17, 15) is 4.79 Å². The van der Waals surface area contributed by atoms with E-state index in [1.807, 2.05) is 38.1 Å². The van der Waals surface area contributed by atoms with Gasteiger partial charge in [0.2, 0.25) is 0 Å². The summed E-state index contributed by atoms with van der Waals surface area (Å²) in [6, 6.07) is 7.84. The standard InChI is InChI=1S/C17H21N3O/c1-4-8-19-15-7-9-18-11-14(15)17(21)20-16-10-12(2)5-6-13(16)3/h5-7,9-11H,4,8H2,1-3H3,(H,18,19)(H,20,21). The van der Waals surface area contributed by atoms with E-state index in [0.29, 0.717) is 5.56 Å². The summed E-state index contributed by atoms with van der Waals surface area (Å²) in [6.45, 7) is 6.90. The second-order valence-corrected chi connectivity index (χ2v) is 5.12. The van der Waals surface area contributed by atoms with Gasteiger partial charge in [-0.05, 0) is 43.5 Å². The number of amides is 1. The Hall–Kier alpha value is -2.36. The van der Waals surface area contributed by atoms with Crippen LogP contribution < -0.4 is 10.6 Å². The van der Waals surface area contributed by atoms with Crippen molar-refractivity contribution in [1.29, 1.82) is 0 Å². The van der Waals surface area contributed by atoms with Crippen LogP contribution in [0.1, 0.15) is 34.8 Å². The monoisotopic (exact) mass is 283 g/mol. The molecule has 0 radical (unpaired) electrons. The molecular weight excluding hydrogens is 262 g/mol. The molecule has 0 unspecified atom stereocenters. The first-order chi connectivity index (χ1) is 10.1. The molecule has 0 aliphatic heterocycles. The van der Waals surface area contributed by atoms with Crippen LogP contribution in [0.5, 0.6) is 0 Å². The molecular formula is C17H21N3O. The summed E-state index contributed by atoms with van der Waals surface area (Å²) in [5.74, 6) is -0.143. The van der Waals surface area contributed by atoms with Crippen molar-refractivity contribution >= 4 is 17.3 Å². The molecule has 110 valence electrons. The largest absolute Gasteiger partial charge is 0.384 e. The Labute approximate surface area is 125 Å². The van der Waals surface area contributed by atoms with Crippen molar-refractivity contribution in [3.8, 4) is 0 Å². The third-order valence-corrected chi connectivity index (χ3v) is 3.27. The van der Waals surface area contributed by atoms with E-state index >= 15 is 0 Å². The first kappa shape index (κ1) is 15.0. The van der Waals surface area contributed by atoms with Gasteiger partial charge in [-0.25, -0.2) is 0 Å². The van der Waals surface area contributed by atoms with Gasteiger partial charge in [0.25, 0.3) is 5.91 Å². The lowest BCUT2D eigenvalue weighted by Crippen LogP contribution is -2.16. The average Bonchev–Trinajstić information content (AvgIpc) is 2.49. The Morgan fingerprint density at radius 3 is 2.76 bits per heavy atom. The molecule has 0 aliphatic rings. The van der Waals surface area contributed by atoms with Crippen LogP contribution >= 0.6 is 0 Å². The summed E-state index contributed by atoms with van der Waals surface area (Å²) < 4.78 is 0. The van der Waals surface area contributed by atoms with E-state index < -0.39 is 0 Å². The molecule has 4 heteroatoms. The maximum atomic E-state index is 12.5. The van der Waals surface area contributed by atoms with Crippen LogP contribution in [0, 0.1) is 13.8 Å². The van der Waals surface area contributed by atoms with Crippen LogP contribution in [0.2, 0.25) is 0 Å². The number of pyridine rings is 1. The van der Waals surface area contributed by atoms with E-state index in [1.165, 1.54) is 0 Å². The molecule has 0 spiro atoms. The number of hydrogen-bond donors (Lipinski definition) is 2. The van der Waals surface area contributed by atoms with Crippen molar-refractivity contribution in [3.63, 3.8) is 0 Å². The molecule has 0 aliphatic carbocycles. The fourth-order valence-electron chi connectivity index (χ4n) is 2.05. The van der Waals surface area contributed by atoms with Crippen molar-refractivity contribution < 1.29 is 4.79 Å². The molecule has 2 rings (SSSR count). The Kier molecular flexibility index (Phi) is 4.93. The van der Waals surface area contributed by atoms with Gasteiger partial charge in [-0.2, -0.15) is 0 Å². The maximum Gasteiger partial charge on any atom is 0.259 e. The van der Waals surface area contributed by atoms with Crippen molar-refractivity contribution in [1.82, 2.24) is 4.98 Å². The van der Waals surface area contributed by atoms with Crippen molar-refractivity contribution in [2.45, 2.75) is 27.2 Å². The van der Waals surface area contributed by atoms with Crippen molar-refractivity contribution in [3.05, 3.63) is 53.3 Å². The molecule has 0 atom stereocenters. The smallest absolute Gasteiger partial charge is 0.259 e. The SMILES string of the molecule is CCCNc1ccncc1C(=O)Nc1cc(C)ccc1C. The number of nitrogens with one attached hydrogen (secondary N) is 2. The van der Waals surface area contributed by atoms with E-state index in [-0.39, 0.29) is 5.91 Å². The number of anilines is 2. The minimum atomic E-state index is -0.143. The summed E-state index contributed by atoms with van der Waals surface area (Å²) >= 11 is 0. The van der Waals surface area contributed by atoms with Gasteiger partial charge in [-0.1, -0.05) is 19.1 Å². The molecule has 1 amide bonds. The van der Waals surface area contributed by atoms with Gasteiger partial charge in [0.1, 0.15) is 0 Å². The van der Waals surface area contributed by atoms with Crippen molar-refractivity contribution in [2.24, 2.45) is 0 Å². The summed E-state index contributed by atoms with van der Waals surface area (Å²) in [4.78, 5) is 16.5. The van der Waals surface area contributed by atoms with E-state index in [1.54, 1.807) is 12.4 Å². The van der Waals surface area contributed by atoms with Gasteiger partial charge >= 0.3 is 0 Å². The highest BCUT2D eigenvalue weighted by Crippen LogP contribution is 2.20. The number of rotatable bonds is 5. The molecule has 0 saturated carbocycles. The van der Waals surface area contributed by atoms with Gasteiger partial charge < -0.3 is 10.6 Å². The zero-order chi connectivity index (χ0) is 15.2. The number of benzene rings is 1. The number of aromatic nitrogens is 1. The van der Waals surface area contributed by atoms with Gasteiger partial charge in [0.15, 0.2) is 0 Å². The zero-order valence-electron chi connectivity index (χ0n) is 12.7. The topological polar surface area (TPSA) is 54.0 Å². The van der Waals surface area contributed by atoms with Crippen LogP contribution in [0.3, 0.4) is 0 Å². The Bertz CT molecular complexity index is 638. The molecule has 1 aromatic carbocycles. The van der Waals surface area contributed by atoms with Gasteiger partial charge in [0, 0.05) is 24.6 Å². The van der Waals surface area contributed by atoms with Crippen LogP contribution in [-0.2, 0) is 0 Å². The molecule has 0 bridgehead atoms. The lowest BCUT2D eigenvalue weighted by atomic mass is 10.1. The van der Waals surface area contributed by atoms with Crippen LogP contribution in [0.4, 0.5) is 11.4 Å². The summed E-state index contributed by atoms with van der Waals surface area (Å²) in [5, 5.41) is 6.22. The third-order valence-electron chi connectivity index (χ3n) is 3.27. The van der Waals surface area contributed by atoms with E-state index in [0.717, 1.165) is 35.5 Å². The molecule has 2 aromatic rings. The molecule has 4 nitrogen and oxygen atoms in total. The number of aryl methyl sites for hydroxylation is 2. The predicted octanol–water partition coefficient (Wildman–Crippen LogP) is 3.77. The highest BCUT2D eigenvalue weighted by molar-refractivity contribution is 6.08. The first-order valence-electron chi connectivity index (χ1n) is 7.18. The molecule has 2 N–H and O–H groups in total. The predicted molar refractivity (Wildman–Crippen MR) is 86.9 cm³/mol. The number of hydrogen-bond acceptors (Lipinski definition) is 3. The van der Waals surface area contributed by atoms with E-state index in [4.69, 9.17) is 0 Å². The van der Waals surface area contributed by atoms with Crippen LogP contribution in [0.15, 0.2) is 36.7 Å². The fourth-order valence-corrected chi connectivity index (χ4v) is 2.05. The lowest BCUT2D eigenvalue weighted by Gasteiger charge is -2.13. The summed E-state index contributed by atoms with van der Waals surface area (Å²) in [5.41, 5.74) is 4.37. The molecule has 0 saturated heterocycles. The number of carbonyl (C=O) groups excluding carboxylic acids is 1. The Balaban J connectivity index is 2.22. The van der Waals surface area contributed by atoms with Gasteiger partial charge in [-0.15, -0.1) is 0 Å². The minimum Gasteiger partial charge on any atom is -0.384 e. The van der Waals surface area contributed by atoms with Crippen molar-refractivity contribution in [2.75, 3.05) is 17.2 Å². The molecule has 1 aromatic heterocycles. The number of nitrogens with zero attached hydrogens (tertiary/aromatic N) is 1. The van der Waals surface area contributed by atoms with Gasteiger partial charge in [-0.3, -0.25) is 9.78 Å². The summed E-state index contributed by atoms with van der Waals surface area (Å²) in [6.07, 6.45) is 4.28. The first-order valence-corrected chi connectivity index (χ1v) is 7.18. The van der Waals surface area contributed by atoms with Gasteiger partial charge in [0.05, 0.1) is 11.3 Å². The van der Waals surface area contributed by atoms with Crippen LogP contribution in [-0.4, -0.2) is 17.4 Å². The number of carbonyl (C=O) groups is 1. The highest BCUT2D eigenvalue weighted by Gasteiger charge is 2.12. The second-order valence-electron chi connectivity index (χ2n) is 5.12. The minimum absolute atomic E-state index is 0.143. The third kappa shape index (κ3) is 3.81. The molecule has 1 heterocycles. The lowest BCUT2D eigenvalue weighted by molar-refractivity contribution is 0.102. The zero-order valence-corrected chi connectivity index (χ0v) is 12.7. The normalized spacial score (nSPS) is 10.2. The van der Waals surface area contributed by atoms with E-state index in [2.05, 4.69) is 22.5 Å². The highest BCUT2D eigenvalue weighted by atomic mass is 16.1. The molecule has 0 fully saturated rings. The quantitative estimate of drug-likeness (QED) is 0.878. The Morgan fingerprint density at radius 1 is 1.19 bits per heavy atom. The summed E-state index contributed by atoms with van der Waals surface area (Å²) in [7, 11) is 0. The maximum absolute atomic E-state index is 12.5. The Morgan fingerprint density at radius 2 is 2.00 bits per heavy atom. The average molecular weight is 283 g/mol. The fraction of sp³-hybridized carbons (Fsp3) is 0.294. The van der Waals surface area contributed by atoms with Crippen LogP contribution in [0.25, 0.3) is 0 Å². The molecule has 21 heavy (non-hydrogen) atoms.